The van der Waals surface area contributed by atoms with Gasteiger partial charge in [0.05, 0.1) is 72.3 Å². The highest BCUT2D eigenvalue weighted by Gasteiger charge is 2.48. The standard InChI is InChI=1S/C21H17N5O4S.C19H22N6O6S.C19H18N6O3S.C16H11N7O2S/c22-31(29,30)18-13-11-15(12-14-18)23-24-19-20(27)25(16-7-3-1-4-8-16)26(21(19)28)17-9-5-2-6-10-17;1-29-9-10-30-15-8-7-13(11-16(15)32(21,27)28)22-23-17-18(31-12-20)24-25(19(17)26)14-5-3-2-4-6-14;1-11-7-5-6-8-15(11)25-19(26)17(18(21-4)24-25)23-22-14-9-13(3)16(10-12(14)2)29(20,27)28;1-18-15-14(16-19-12-4-2-3-5-13(12)23(16)22-15)21-20-10-6-8-11(9-7-10)26(17,24)25/h1-14,19H,(H2,22,29,30);2-8,11,17H,9-10,12,20H2,1H3,(H2,21,27,28);5-10,17H,1-3H3,(H2,20,27,28);2-9,22H,(H2,17,24,25). The van der Waals surface area contributed by atoms with Crippen molar-refractivity contribution in [3.63, 3.8) is 0 Å². The van der Waals surface area contributed by atoms with E-state index in [4.69, 9.17) is 53.6 Å². The number of primary sulfonamides is 4. The summed E-state index contributed by atoms with van der Waals surface area (Å²) in [5, 5.41) is 68.9. The topological polar surface area (TPSA) is 541 Å². The number of amides is 4. The van der Waals surface area contributed by atoms with Gasteiger partial charge >= 0.3 is 5.84 Å². The number of methoxy groups -OCH3 is 1. The number of amidine groups is 1. The average molecular weight is 1670 g/mol. The quantitative estimate of drug-likeness (QED) is 0.0128. The van der Waals surface area contributed by atoms with Crippen LogP contribution in [0.25, 0.3) is 26.4 Å². The van der Waals surface area contributed by atoms with Crippen molar-refractivity contribution < 1.29 is 67.1 Å². The Balaban J connectivity index is 0.000000155. The van der Waals surface area contributed by atoms with Crippen molar-refractivity contribution in [1.29, 1.82) is 0 Å². The molecule has 11 N–H and O–H groups in total. The summed E-state index contributed by atoms with van der Waals surface area (Å²) in [5.74, 6) is -1.95. The number of benzene rings is 9. The molecule has 39 nitrogen and oxygen atoms in total. The maximum atomic E-state index is 13.1. The van der Waals surface area contributed by atoms with Crippen LogP contribution in [0.5, 0.6) is 5.75 Å². The molecule has 43 heteroatoms. The number of fused-ring (bicyclic) bond motifs is 3. The van der Waals surface area contributed by atoms with Crippen molar-refractivity contribution >= 4 is 149 Å². The van der Waals surface area contributed by atoms with E-state index in [1.807, 2.05) is 43.3 Å². The van der Waals surface area contributed by atoms with Gasteiger partial charge in [0.2, 0.25) is 64.1 Å². The van der Waals surface area contributed by atoms with Gasteiger partial charge < -0.3 is 23.9 Å². The fraction of sp³-hybridized carbons (Fsp3) is 0.133. The number of hydrazine groups is 1. The lowest BCUT2D eigenvalue weighted by Crippen LogP contribution is -2.41. The molecule has 14 rings (SSSR count). The van der Waals surface area contributed by atoms with Crippen molar-refractivity contribution in [2.24, 2.45) is 77.4 Å². The van der Waals surface area contributed by atoms with Crippen LogP contribution in [-0.4, -0.2) is 129 Å². The number of carbonyl (C=O) groups excluding carboxylic acids is 4. The molecule has 118 heavy (non-hydrogen) atoms. The Labute approximate surface area is 673 Å². The molecule has 3 aliphatic heterocycles. The van der Waals surface area contributed by atoms with Crippen molar-refractivity contribution in [2.45, 2.75) is 58.5 Å². The highest BCUT2D eigenvalue weighted by atomic mass is 32.2. The van der Waals surface area contributed by atoms with E-state index in [-0.39, 0.29) is 74.2 Å². The van der Waals surface area contributed by atoms with Gasteiger partial charge in [0.1, 0.15) is 29.5 Å². The first-order chi connectivity index (χ1) is 56.3. The maximum absolute atomic E-state index is 13.1. The number of hydrogen-bond acceptors (Lipinski definition) is 27. The highest BCUT2D eigenvalue weighted by Crippen LogP contribution is 2.38. The third kappa shape index (κ3) is 19.7. The second kappa shape index (κ2) is 36.5. The first-order valence-electron chi connectivity index (χ1n) is 34.4. The summed E-state index contributed by atoms with van der Waals surface area (Å²) < 4.78 is 110. The number of aryl methyl sites for hydroxylation is 3. The van der Waals surface area contributed by atoms with E-state index in [1.165, 1.54) is 96.0 Å². The molecule has 0 radical (unpaired) electrons. The lowest BCUT2D eigenvalue weighted by atomic mass is 10.1. The Morgan fingerprint density at radius 3 is 1.54 bits per heavy atom. The van der Waals surface area contributed by atoms with E-state index in [0.717, 1.165) is 26.6 Å². The van der Waals surface area contributed by atoms with Crippen LogP contribution in [0.3, 0.4) is 0 Å². The van der Waals surface area contributed by atoms with E-state index in [2.05, 4.69) is 70.9 Å². The Morgan fingerprint density at radius 2 is 0.992 bits per heavy atom. The number of ether oxygens (including phenoxy) is 3. The first kappa shape index (κ1) is 84.7. The molecule has 2 unspecified atom stereocenters. The van der Waals surface area contributed by atoms with Gasteiger partial charge in [-0.1, -0.05) is 98.1 Å². The average Bonchev–Trinajstić information content (AvgIpc) is 1.61. The van der Waals surface area contributed by atoms with E-state index in [9.17, 15) is 52.8 Å². The molecule has 4 amide bonds. The highest BCUT2D eigenvalue weighted by molar-refractivity contribution is 7.90. The smallest absolute Gasteiger partial charge is 0.307 e. The van der Waals surface area contributed by atoms with Crippen LogP contribution in [0.1, 0.15) is 16.7 Å². The van der Waals surface area contributed by atoms with Crippen LogP contribution in [0, 0.1) is 33.9 Å². The van der Waals surface area contributed by atoms with Crippen LogP contribution >= 0.6 is 0 Å². The normalized spacial score (nSPS) is 15.3. The molecule has 9 aromatic carbocycles. The minimum atomic E-state index is -4.11. The van der Waals surface area contributed by atoms with Crippen LogP contribution in [0.15, 0.2) is 289 Å². The molecule has 2 aromatic heterocycles. The SMILES string of the molecule is COCCOc1ccc(N=NC2C(=O)N(c3ccccc3)N=C2OCN)cc1S(N)(=O)=O.NS(=O)(=O)c1ccc(N=NC2C(=O)N(c3ccccc3)N(c3ccccc3)C2=O)cc1.[C-]#[N+]C1=NN(c2ccccc2C)C(=O)C1N=Nc1cc(C)c(S(N)(=O)=O)cc1C.[C-]#[N+]c1[nH]n2c(nc3ccccc32)c1N=Nc1ccc(S(N)(=O)=O)cc1. The zero-order chi connectivity index (χ0) is 84.8. The van der Waals surface area contributed by atoms with Gasteiger partial charge in [0.15, 0.2) is 11.3 Å². The number of carbonyl (C=O) groups is 4. The van der Waals surface area contributed by atoms with Gasteiger partial charge in [-0.2, -0.15) is 50.4 Å². The van der Waals surface area contributed by atoms with Gasteiger partial charge in [-0.05, 0) is 176 Å². The summed E-state index contributed by atoms with van der Waals surface area (Å²) in [7, 11) is -14.1. The van der Waals surface area contributed by atoms with Crippen LogP contribution < -0.4 is 51.1 Å². The summed E-state index contributed by atoms with van der Waals surface area (Å²) in [6.45, 7) is 19.9. The first-order valence-corrected chi connectivity index (χ1v) is 40.6. The molecule has 602 valence electrons. The van der Waals surface area contributed by atoms with Crippen molar-refractivity contribution in [1.82, 2.24) is 14.6 Å². The number of imidazole rings is 1. The lowest BCUT2D eigenvalue weighted by Gasteiger charge is -2.27. The van der Waals surface area contributed by atoms with Gasteiger partial charge in [0, 0.05) is 7.11 Å². The number of sulfonamides is 4. The van der Waals surface area contributed by atoms with Crippen LogP contribution in [-0.2, 0) is 68.7 Å². The third-order valence-electron chi connectivity index (χ3n) is 16.9. The van der Waals surface area contributed by atoms with Gasteiger partial charge in [-0.25, -0.2) is 74.3 Å². The Morgan fingerprint density at radius 1 is 0.475 bits per heavy atom. The summed E-state index contributed by atoms with van der Waals surface area (Å²) in [6, 6.07) is 55.1. The van der Waals surface area contributed by atoms with E-state index in [0.29, 0.717) is 56.6 Å². The predicted octanol–water partition coefficient (Wildman–Crippen LogP) is 10.3. The number of anilines is 4. The third-order valence-corrected chi connectivity index (χ3v) is 20.7. The monoisotopic (exact) mass is 1670 g/mol. The Bertz CT molecular complexity index is 6390. The number of hydrazone groups is 2. The van der Waals surface area contributed by atoms with E-state index < -0.39 is 81.8 Å². The van der Waals surface area contributed by atoms with Crippen molar-refractivity contribution in [3.8, 4) is 5.75 Å². The minimum absolute atomic E-state index is 0.0000282. The summed E-state index contributed by atoms with van der Waals surface area (Å²) in [6.07, 6.45) is 0. The second-order valence-electron chi connectivity index (χ2n) is 25.0. The number of azo groups is 4. The summed E-state index contributed by atoms with van der Waals surface area (Å²) >= 11 is 0. The maximum Gasteiger partial charge on any atom is 0.307 e. The molecule has 0 aliphatic carbocycles. The Kier molecular flexibility index (Phi) is 26.2. The van der Waals surface area contributed by atoms with Crippen LogP contribution in [0.2, 0.25) is 0 Å². The summed E-state index contributed by atoms with van der Waals surface area (Å²) in [4.78, 5) is 62.7. The van der Waals surface area contributed by atoms with Crippen LogP contribution in [0.4, 0.5) is 57.0 Å². The number of nitrogens with zero attached hydrogens (tertiary/aromatic N) is 18. The molecule has 1 saturated heterocycles. The molecule has 1 fully saturated rings. The predicted molar refractivity (Wildman–Crippen MR) is 433 cm³/mol. The largest absolute Gasteiger partial charge is 0.490 e. The number of H-pyrrole nitrogens is 1. The molecule has 11 aromatic rings. The number of para-hydroxylation sites is 6. The fourth-order valence-electron chi connectivity index (χ4n) is 11.3. The number of nitrogens with two attached hydrogens (primary N) is 5. The van der Waals surface area contributed by atoms with Gasteiger partial charge in [0.25, 0.3) is 29.4 Å². The van der Waals surface area contributed by atoms with Gasteiger partial charge in [-0.15, -0.1) is 10.1 Å². The van der Waals surface area contributed by atoms with E-state index in [1.54, 1.807) is 121 Å². The number of rotatable bonds is 21. The molecule has 0 bridgehead atoms. The molecule has 2 atom stereocenters. The number of hydrogen-bond donors (Lipinski definition) is 6. The molecule has 5 heterocycles. The Hall–Kier alpha value is -14.3. The zero-order valence-corrected chi connectivity index (χ0v) is 65.6. The van der Waals surface area contributed by atoms with E-state index >= 15 is 0 Å². The molecular weight excluding hydrogens is 1610 g/mol. The molecule has 0 saturated carbocycles. The van der Waals surface area contributed by atoms with Crippen molar-refractivity contribution in [2.75, 3.05) is 47.1 Å². The molecule has 3 aliphatic rings. The second-order valence-corrected chi connectivity index (χ2v) is 31.2. The van der Waals surface area contributed by atoms with Crippen molar-refractivity contribution in [3.05, 3.63) is 258 Å². The minimum Gasteiger partial charge on any atom is -0.490 e. The molecular formula is C75H68N24O15S4. The molecule has 0 spiro atoms. The number of nitrogens with one attached hydrogen (secondary N) is 1. The van der Waals surface area contributed by atoms with Gasteiger partial charge in [-0.3, -0.25) is 24.9 Å². The lowest BCUT2D eigenvalue weighted by molar-refractivity contribution is -0.123. The fourth-order valence-corrected chi connectivity index (χ4v) is 13.8. The number of aromatic amines is 1. The number of aromatic nitrogens is 3. The summed E-state index contributed by atoms with van der Waals surface area (Å²) in [5.41, 5.74) is 12.9. The zero-order valence-electron chi connectivity index (χ0n) is 62.3.